The van der Waals surface area contributed by atoms with E-state index < -0.39 is 0 Å². The minimum Gasteiger partial charge on any atom is -0.497 e. The molecule has 0 spiro atoms. The Kier molecular flexibility index (Phi) is 6.51. The average molecular weight is 433 g/mol. The predicted molar refractivity (Wildman–Crippen MR) is 107 cm³/mol. The van der Waals surface area contributed by atoms with Gasteiger partial charge in [-0.2, -0.15) is 0 Å². The predicted octanol–water partition coefficient (Wildman–Crippen LogP) is 1.57. The van der Waals surface area contributed by atoms with E-state index in [9.17, 15) is 9.59 Å². The van der Waals surface area contributed by atoms with Gasteiger partial charge in [0.25, 0.3) is 0 Å². The number of carbonyl (C=O) groups is 2. The number of nitrogens with one attached hydrogen (secondary N) is 2. The van der Waals surface area contributed by atoms with Gasteiger partial charge in [-0.15, -0.1) is 10.2 Å². The first-order valence-electron chi connectivity index (χ1n) is 8.57. The number of carbonyl (C=O) groups excluding carboxylic acids is 2. The fourth-order valence-corrected chi connectivity index (χ4v) is 3.16. The highest BCUT2D eigenvalue weighted by molar-refractivity contribution is 7.99. The van der Waals surface area contributed by atoms with Crippen LogP contribution in [0.25, 0.3) is 11.5 Å². The summed E-state index contributed by atoms with van der Waals surface area (Å²) in [6.45, 7) is 1.34. The molecule has 0 aliphatic heterocycles. The van der Waals surface area contributed by atoms with E-state index in [1.807, 2.05) is 0 Å². The first-order chi connectivity index (χ1) is 14.4. The van der Waals surface area contributed by atoms with Gasteiger partial charge >= 0.3 is 0 Å². The maximum atomic E-state index is 12.4. The molecular weight excluding hydrogens is 414 g/mol. The fraction of sp³-hybridized carbons (Fsp3) is 0.294. The Morgan fingerprint density at radius 2 is 1.97 bits per heavy atom. The molecule has 0 aliphatic carbocycles. The van der Waals surface area contributed by atoms with Gasteiger partial charge in [-0.1, -0.05) is 11.8 Å². The second-order valence-electron chi connectivity index (χ2n) is 5.91. The third-order valence-corrected chi connectivity index (χ3v) is 4.87. The molecule has 0 saturated heterocycles. The first-order valence-corrected chi connectivity index (χ1v) is 9.56. The van der Waals surface area contributed by atoms with Crippen LogP contribution in [0.1, 0.15) is 6.92 Å². The molecular formula is C17H19N7O5S. The van der Waals surface area contributed by atoms with E-state index in [1.165, 1.54) is 25.8 Å². The van der Waals surface area contributed by atoms with Crippen molar-refractivity contribution < 1.29 is 23.7 Å². The van der Waals surface area contributed by atoms with Crippen LogP contribution < -0.4 is 20.1 Å². The Hall–Kier alpha value is -3.61. The standard InChI is InChI=1S/C17H19N7O5S/c1-9(25)18-15-14(22-29-23-15)16-20-21-17(24(16)2)30-8-13(26)19-11-6-5-10(27-3)7-12(11)28-4/h5-7H,8H2,1-4H3,(H,19,26)(H,18,23,25). The summed E-state index contributed by atoms with van der Waals surface area (Å²) in [5.41, 5.74) is 0.760. The Morgan fingerprint density at radius 1 is 1.17 bits per heavy atom. The van der Waals surface area contributed by atoms with Crippen molar-refractivity contribution in [3.05, 3.63) is 18.2 Å². The molecule has 0 aliphatic rings. The van der Waals surface area contributed by atoms with Gasteiger partial charge in [-0.05, 0) is 22.4 Å². The van der Waals surface area contributed by atoms with E-state index in [0.29, 0.717) is 28.2 Å². The number of hydrogen-bond donors (Lipinski definition) is 2. The molecule has 0 bridgehead atoms. The van der Waals surface area contributed by atoms with Crippen molar-refractivity contribution in [2.75, 3.05) is 30.6 Å². The van der Waals surface area contributed by atoms with Crippen molar-refractivity contribution in [1.82, 2.24) is 25.1 Å². The number of benzene rings is 1. The fourth-order valence-electron chi connectivity index (χ4n) is 2.45. The Balaban J connectivity index is 1.67. The van der Waals surface area contributed by atoms with Crippen LogP contribution in [0.4, 0.5) is 11.5 Å². The van der Waals surface area contributed by atoms with Crippen LogP contribution >= 0.6 is 11.8 Å². The van der Waals surface area contributed by atoms with Crippen molar-refractivity contribution in [1.29, 1.82) is 0 Å². The second kappa shape index (κ2) is 9.26. The van der Waals surface area contributed by atoms with E-state index in [2.05, 4.69) is 35.8 Å². The van der Waals surface area contributed by atoms with E-state index in [4.69, 9.17) is 9.47 Å². The summed E-state index contributed by atoms with van der Waals surface area (Å²) < 4.78 is 16.7. The van der Waals surface area contributed by atoms with Gasteiger partial charge in [0.05, 0.1) is 25.7 Å². The van der Waals surface area contributed by atoms with Crippen LogP contribution in [-0.2, 0) is 16.6 Å². The Morgan fingerprint density at radius 3 is 2.67 bits per heavy atom. The van der Waals surface area contributed by atoms with Crippen LogP contribution in [0, 0.1) is 0 Å². The van der Waals surface area contributed by atoms with Crippen molar-refractivity contribution in [3.63, 3.8) is 0 Å². The molecule has 12 nitrogen and oxygen atoms in total. The van der Waals surface area contributed by atoms with Crippen molar-refractivity contribution in [2.24, 2.45) is 7.05 Å². The van der Waals surface area contributed by atoms with Crippen molar-refractivity contribution in [3.8, 4) is 23.0 Å². The molecule has 0 fully saturated rings. The lowest BCUT2D eigenvalue weighted by atomic mass is 10.2. The average Bonchev–Trinajstić information content (AvgIpc) is 3.32. The highest BCUT2D eigenvalue weighted by Crippen LogP contribution is 2.30. The monoisotopic (exact) mass is 433 g/mol. The number of methoxy groups -OCH3 is 2. The molecule has 1 aromatic carbocycles. The molecule has 0 radical (unpaired) electrons. The van der Waals surface area contributed by atoms with Gasteiger partial charge in [0.1, 0.15) is 11.5 Å². The Bertz CT molecular complexity index is 1060. The molecule has 2 aromatic heterocycles. The number of thioether (sulfide) groups is 1. The van der Waals surface area contributed by atoms with Crippen LogP contribution in [0.15, 0.2) is 28.0 Å². The van der Waals surface area contributed by atoms with Crippen LogP contribution in [0.3, 0.4) is 0 Å². The number of aromatic nitrogens is 5. The minimum atomic E-state index is -0.325. The van der Waals surface area contributed by atoms with Gasteiger partial charge in [0.2, 0.25) is 17.6 Å². The normalized spacial score (nSPS) is 10.5. The smallest absolute Gasteiger partial charge is 0.234 e. The number of rotatable bonds is 8. The number of amides is 2. The number of anilines is 2. The lowest BCUT2D eigenvalue weighted by Gasteiger charge is -2.11. The molecule has 0 saturated carbocycles. The third kappa shape index (κ3) is 4.68. The van der Waals surface area contributed by atoms with Crippen LogP contribution in [0.2, 0.25) is 0 Å². The number of ether oxygens (including phenoxy) is 2. The van der Waals surface area contributed by atoms with Crippen molar-refractivity contribution in [2.45, 2.75) is 12.1 Å². The molecule has 2 amide bonds. The summed E-state index contributed by atoms with van der Waals surface area (Å²) in [4.78, 5) is 23.6. The topological polar surface area (TPSA) is 146 Å². The highest BCUT2D eigenvalue weighted by Gasteiger charge is 2.21. The molecule has 3 rings (SSSR count). The number of nitrogens with zero attached hydrogens (tertiary/aromatic N) is 5. The highest BCUT2D eigenvalue weighted by atomic mass is 32.2. The molecule has 0 atom stereocenters. The van der Waals surface area contributed by atoms with Gasteiger partial charge in [0.15, 0.2) is 16.7 Å². The van der Waals surface area contributed by atoms with E-state index >= 15 is 0 Å². The molecule has 0 unspecified atom stereocenters. The molecule has 158 valence electrons. The van der Waals surface area contributed by atoms with Gasteiger partial charge < -0.3 is 24.7 Å². The summed E-state index contributed by atoms with van der Waals surface area (Å²) in [6.07, 6.45) is 0. The van der Waals surface area contributed by atoms with E-state index in [1.54, 1.807) is 36.9 Å². The van der Waals surface area contributed by atoms with E-state index in [0.717, 1.165) is 0 Å². The SMILES string of the molecule is COc1ccc(NC(=O)CSc2nnc(-c3nonc3NC(C)=O)n2C)c(OC)c1. The largest absolute Gasteiger partial charge is 0.497 e. The van der Waals surface area contributed by atoms with Crippen LogP contribution in [-0.4, -0.2) is 56.9 Å². The summed E-state index contributed by atoms with van der Waals surface area (Å²) in [5.74, 6) is 1.07. The third-order valence-electron chi connectivity index (χ3n) is 3.84. The molecule has 2 heterocycles. The number of hydrogen-bond acceptors (Lipinski definition) is 10. The summed E-state index contributed by atoms with van der Waals surface area (Å²) in [5, 5.41) is 21.3. The lowest BCUT2D eigenvalue weighted by molar-refractivity contribution is -0.114. The zero-order chi connectivity index (χ0) is 21.7. The van der Waals surface area contributed by atoms with Crippen LogP contribution in [0.5, 0.6) is 11.5 Å². The Labute approximate surface area is 175 Å². The maximum absolute atomic E-state index is 12.4. The summed E-state index contributed by atoms with van der Waals surface area (Å²) >= 11 is 1.18. The molecule has 13 heteroatoms. The second-order valence-corrected chi connectivity index (χ2v) is 6.85. The molecule has 3 aromatic rings. The molecule has 30 heavy (non-hydrogen) atoms. The molecule has 2 N–H and O–H groups in total. The van der Waals surface area contributed by atoms with E-state index in [-0.39, 0.29) is 29.1 Å². The van der Waals surface area contributed by atoms with Crippen molar-refractivity contribution >= 4 is 35.1 Å². The minimum absolute atomic E-state index is 0.0801. The van der Waals surface area contributed by atoms with Gasteiger partial charge in [-0.3, -0.25) is 9.59 Å². The van der Waals surface area contributed by atoms with Gasteiger partial charge in [-0.25, -0.2) is 4.63 Å². The van der Waals surface area contributed by atoms with Gasteiger partial charge in [0, 0.05) is 20.0 Å². The summed E-state index contributed by atoms with van der Waals surface area (Å²) in [6, 6.07) is 5.09. The zero-order valence-corrected chi connectivity index (χ0v) is 17.4. The summed E-state index contributed by atoms with van der Waals surface area (Å²) in [7, 11) is 4.76. The lowest BCUT2D eigenvalue weighted by Crippen LogP contribution is -2.15. The zero-order valence-electron chi connectivity index (χ0n) is 16.6. The first kappa shape index (κ1) is 21.1. The quantitative estimate of drug-likeness (QED) is 0.502. The maximum Gasteiger partial charge on any atom is 0.234 e.